The molecule has 0 aliphatic heterocycles. The van der Waals surface area contributed by atoms with E-state index >= 15 is 0 Å². The minimum Gasteiger partial charge on any atom is -0.468 e. The van der Waals surface area contributed by atoms with Gasteiger partial charge < -0.3 is 10.5 Å². The maximum atomic E-state index is 14.1. The third kappa shape index (κ3) is 3.22. The van der Waals surface area contributed by atoms with E-state index in [9.17, 15) is 9.18 Å². The molecule has 4 heteroatoms. The van der Waals surface area contributed by atoms with Crippen molar-refractivity contribution in [3.05, 3.63) is 59.9 Å². The molecule has 0 saturated carbocycles. The summed E-state index contributed by atoms with van der Waals surface area (Å²) in [5.74, 6) is -0.830. The molecule has 0 radical (unpaired) electrons. The van der Waals surface area contributed by atoms with Crippen molar-refractivity contribution in [2.24, 2.45) is 5.73 Å². The molecule has 2 aromatic carbocycles. The fraction of sp³-hybridized carbons (Fsp3) is 0.188. The van der Waals surface area contributed by atoms with Crippen LogP contribution in [-0.2, 0) is 16.0 Å². The van der Waals surface area contributed by atoms with E-state index in [1.165, 1.54) is 13.2 Å². The highest BCUT2D eigenvalue weighted by atomic mass is 19.1. The van der Waals surface area contributed by atoms with Crippen LogP contribution in [0.15, 0.2) is 48.5 Å². The van der Waals surface area contributed by atoms with Crippen LogP contribution in [0.5, 0.6) is 0 Å². The molecule has 20 heavy (non-hydrogen) atoms. The van der Waals surface area contributed by atoms with Crippen molar-refractivity contribution in [3.8, 4) is 11.1 Å². The monoisotopic (exact) mass is 273 g/mol. The molecule has 0 aromatic heterocycles. The van der Waals surface area contributed by atoms with E-state index in [0.717, 1.165) is 5.56 Å². The first kappa shape index (κ1) is 14.2. The number of benzene rings is 2. The van der Waals surface area contributed by atoms with E-state index < -0.39 is 12.0 Å². The van der Waals surface area contributed by atoms with Crippen LogP contribution in [0, 0.1) is 5.82 Å². The van der Waals surface area contributed by atoms with E-state index in [0.29, 0.717) is 11.1 Å². The first-order valence-corrected chi connectivity index (χ1v) is 6.29. The Hall–Kier alpha value is -2.20. The van der Waals surface area contributed by atoms with Gasteiger partial charge in [0.25, 0.3) is 0 Å². The van der Waals surface area contributed by atoms with Gasteiger partial charge in [-0.25, -0.2) is 4.39 Å². The van der Waals surface area contributed by atoms with Crippen molar-refractivity contribution < 1.29 is 13.9 Å². The van der Waals surface area contributed by atoms with Crippen LogP contribution in [0.4, 0.5) is 4.39 Å². The highest BCUT2D eigenvalue weighted by Crippen LogP contribution is 2.23. The van der Waals surface area contributed by atoms with Gasteiger partial charge in [-0.15, -0.1) is 0 Å². The Morgan fingerprint density at radius 3 is 2.55 bits per heavy atom. The average Bonchev–Trinajstić information content (AvgIpc) is 2.47. The number of rotatable bonds is 4. The summed E-state index contributed by atoms with van der Waals surface area (Å²) < 4.78 is 18.7. The molecule has 3 nitrogen and oxygen atoms in total. The van der Waals surface area contributed by atoms with Crippen LogP contribution in [0.25, 0.3) is 11.1 Å². The minimum atomic E-state index is -0.776. The summed E-state index contributed by atoms with van der Waals surface area (Å²) in [6.45, 7) is 0. The van der Waals surface area contributed by atoms with Crippen LogP contribution in [0.2, 0.25) is 0 Å². The zero-order valence-corrected chi connectivity index (χ0v) is 11.2. The second-order valence-corrected chi connectivity index (χ2v) is 4.51. The van der Waals surface area contributed by atoms with Crippen LogP contribution in [-0.4, -0.2) is 19.1 Å². The number of carbonyl (C=O) groups is 1. The molecule has 1 unspecified atom stereocenters. The van der Waals surface area contributed by atoms with Crippen molar-refractivity contribution in [1.82, 2.24) is 0 Å². The molecule has 2 N–H and O–H groups in total. The predicted octanol–water partition coefficient (Wildman–Crippen LogP) is 2.54. The SMILES string of the molecule is COC(=O)C(N)Cc1ccc(-c2ccccc2)c(F)c1. The summed E-state index contributed by atoms with van der Waals surface area (Å²) in [4.78, 5) is 11.2. The summed E-state index contributed by atoms with van der Waals surface area (Å²) in [7, 11) is 1.28. The molecule has 104 valence electrons. The lowest BCUT2D eigenvalue weighted by atomic mass is 10.0. The molecule has 0 saturated heterocycles. The standard InChI is InChI=1S/C16H16FNO2/c1-20-16(19)15(18)10-11-7-8-13(14(17)9-11)12-5-3-2-4-6-12/h2-9,15H,10,18H2,1H3. The zero-order chi connectivity index (χ0) is 14.5. The minimum absolute atomic E-state index is 0.249. The second-order valence-electron chi connectivity index (χ2n) is 4.51. The second kappa shape index (κ2) is 6.30. The van der Waals surface area contributed by atoms with E-state index in [1.807, 2.05) is 30.3 Å². The van der Waals surface area contributed by atoms with Gasteiger partial charge in [-0.1, -0.05) is 42.5 Å². The maximum absolute atomic E-state index is 14.1. The lowest BCUT2D eigenvalue weighted by Crippen LogP contribution is -2.33. The maximum Gasteiger partial charge on any atom is 0.322 e. The number of ether oxygens (including phenoxy) is 1. The van der Waals surface area contributed by atoms with Crippen molar-refractivity contribution in [3.63, 3.8) is 0 Å². The third-order valence-electron chi connectivity index (χ3n) is 3.08. The Labute approximate surface area is 117 Å². The van der Waals surface area contributed by atoms with E-state index in [1.54, 1.807) is 12.1 Å². The molecule has 0 aliphatic carbocycles. The first-order valence-electron chi connectivity index (χ1n) is 6.29. The van der Waals surface area contributed by atoms with Gasteiger partial charge in [-0.05, 0) is 23.6 Å². The number of carbonyl (C=O) groups excluding carboxylic acids is 1. The van der Waals surface area contributed by atoms with Crippen molar-refractivity contribution in [2.45, 2.75) is 12.5 Å². The molecule has 0 fully saturated rings. The Bertz CT molecular complexity index is 599. The lowest BCUT2D eigenvalue weighted by Gasteiger charge is -2.10. The normalized spacial score (nSPS) is 11.9. The third-order valence-corrected chi connectivity index (χ3v) is 3.08. The summed E-state index contributed by atoms with van der Waals surface area (Å²) in [6.07, 6.45) is 0.249. The van der Waals surface area contributed by atoms with Gasteiger partial charge in [-0.2, -0.15) is 0 Å². The largest absolute Gasteiger partial charge is 0.468 e. The zero-order valence-electron chi connectivity index (χ0n) is 11.2. The number of methoxy groups -OCH3 is 1. The topological polar surface area (TPSA) is 52.3 Å². The highest BCUT2D eigenvalue weighted by molar-refractivity contribution is 5.75. The van der Waals surface area contributed by atoms with Gasteiger partial charge in [-0.3, -0.25) is 4.79 Å². The summed E-state index contributed by atoms with van der Waals surface area (Å²) in [5, 5.41) is 0. The van der Waals surface area contributed by atoms with Crippen LogP contribution < -0.4 is 5.73 Å². The molecule has 0 amide bonds. The smallest absolute Gasteiger partial charge is 0.322 e. The van der Waals surface area contributed by atoms with Gasteiger partial charge in [0.15, 0.2) is 0 Å². The van der Waals surface area contributed by atoms with Crippen molar-refractivity contribution in [1.29, 1.82) is 0 Å². The fourth-order valence-electron chi connectivity index (χ4n) is 2.03. The number of nitrogens with two attached hydrogens (primary N) is 1. The summed E-state index contributed by atoms with van der Waals surface area (Å²) in [5.41, 5.74) is 7.67. The molecular formula is C16H16FNO2. The molecule has 0 aliphatic rings. The fourth-order valence-corrected chi connectivity index (χ4v) is 2.03. The lowest BCUT2D eigenvalue weighted by molar-refractivity contribution is -0.142. The number of esters is 1. The van der Waals surface area contributed by atoms with E-state index in [4.69, 9.17) is 5.73 Å². The summed E-state index contributed by atoms with van der Waals surface area (Å²) in [6, 6.07) is 13.4. The predicted molar refractivity (Wildman–Crippen MR) is 75.5 cm³/mol. The number of hydrogen-bond acceptors (Lipinski definition) is 3. The average molecular weight is 273 g/mol. The molecule has 0 spiro atoms. The Morgan fingerprint density at radius 2 is 1.95 bits per heavy atom. The molecular weight excluding hydrogens is 257 g/mol. The van der Waals surface area contributed by atoms with Gasteiger partial charge in [0, 0.05) is 5.56 Å². The molecule has 2 aromatic rings. The van der Waals surface area contributed by atoms with E-state index in [-0.39, 0.29) is 12.2 Å². The van der Waals surface area contributed by atoms with Gasteiger partial charge in [0.2, 0.25) is 0 Å². The van der Waals surface area contributed by atoms with Crippen molar-refractivity contribution >= 4 is 5.97 Å². The Balaban J connectivity index is 2.20. The van der Waals surface area contributed by atoms with Crippen LogP contribution >= 0.6 is 0 Å². The first-order chi connectivity index (χ1) is 9.61. The van der Waals surface area contributed by atoms with E-state index in [2.05, 4.69) is 4.74 Å². The molecule has 1 atom stereocenters. The van der Waals surface area contributed by atoms with Crippen LogP contribution in [0.3, 0.4) is 0 Å². The quantitative estimate of drug-likeness (QED) is 0.871. The molecule has 2 rings (SSSR count). The van der Waals surface area contributed by atoms with Crippen LogP contribution in [0.1, 0.15) is 5.56 Å². The number of hydrogen-bond donors (Lipinski definition) is 1. The van der Waals surface area contributed by atoms with Crippen molar-refractivity contribution in [2.75, 3.05) is 7.11 Å². The van der Waals surface area contributed by atoms with Gasteiger partial charge >= 0.3 is 5.97 Å². The number of halogens is 1. The van der Waals surface area contributed by atoms with Gasteiger partial charge in [0.05, 0.1) is 7.11 Å². The Morgan fingerprint density at radius 1 is 1.25 bits per heavy atom. The molecule has 0 bridgehead atoms. The Kier molecular flexibility index (Phi) is 4.48. The summed E-state index contributed by atoms with van der Waals surface area (Å²) >= 11 is 0. The highest BCUT2D eigenvalue weighted by Gasteiger charge is 2.15. The van der Waals surface area contributed by atoms with Gasteiger partial charge in [0.1, 0.15) is 11.9 Å². The molecule has 0 heterocycles.